The number of aryl methyl sites for hydroxylation is 1. The van der Waals surface area contributed by atoms with Gasteiger partial charge in [-0.15, -0.1) is 0 Å². The number of esters is 1. The van der Waals surface area contributed by atoms with E-state index in [9.17, 15) is 9.59 Å². The van der Waals surface area contributed by atoms with Crippen LogP contribution in [-0.2, 0) is 9.53 Å². The Labute approximate surface area is 152 Å². The summed E-state index contributed by atoms with van der Waals surface area (Å²) in [6.45, 7) is 5.72. The van der Waals surface area contributed by atoms with E-state index in [1.54, 1.807) is 31.2 Å². The van der Waals surface area contributed by atoms with Crippen molar-refractivity contribution in [2.75, 3.05) is 13.2 Å². The van der Waals surface area contributed by atoms with Crippen molar-refractivity contribution in [2.24, 2.45) is 5.10 Å². The summed E-state index contributed by atoms with van der Waals surface area (Å²) in [4.78, 5) is 23.4. The van der Waals surface area contributed by atoms with Crippen molar-refractivity contribution in [1.82, 2.24) is 5.43 Å². The second-order valence-corrected chi connectivity index (χ2v) is 5.63. The molecule has 136 valence electrons. The second kappa shape index (κ2) is 9.36. The topological polar surface area (TPSA) is 77.0 Å². The molecule has 0 saturated carbocycles. The molecule has 0 aliphatic heterocycles. The fraction of sp³-hybridized carbons (Fsp3) is 0.250. The van der Waals surface area contributed by atoms with Gasteiger partial charge in [0.25, 0.3) is 5.91 Å². The molecule has 0 bridgehead atoms. The molecule has 0 heterocycles. The maximum absolute atomic E-state index is 11.8. The lowest BCUT2D eigenvalue weighted by molar-refractivity contribution is -0.123. The Morgan fingerprint density at radius 1 is 1.00 bits per heavy atom. The third kappa shape index (κ3) is 5.73. The first kappa shape index (κ1) is 19.2. The Morgan fingerprint density at radius 2 is 1.62 bits per heavy atom. The van der Waals surface area contributed by atoms with Gasteiger partial charge in [-0.3, -0.25) is 4.79 Å². The van der Waals surface area contributed by atoms with Crippen LogP contribution in [0.15, 0.2) is 53.6 Å². The highest BCUT2D eigenvalue weighted by molar-refractivity contribution is 5.99. The number of hydrogen-bond acceptors (Lipinski definition) is 5. The van der Waals surface area contributed by atoms with Crippen LogP contribution in [0.25, 0.3) is 0 Å². The maximum atomic E-state index is 11.8. The molecule has 0 atom stereocenters. The van der Waals surface area contributed by atoms with Crippen LogP contribution in [0.3, 0.4) is 0 Å². The van der Waals surface area contributed by atoms with Crippen molar-refractivity contribution in [3.8, 4) is 5.75 Å². The minimum atomic E-state index is -0.391. The number of hydrazone groups is 1. The molecule has 26 heavy (non-hydrogen) atoms. The van der Waals surface area contributed by atoms with E-state index in [1.807, 2.05) is 38.1 Å². The molecule has 2 aromatic carbocycles. The van der Waals surface area contributed by atoms with E-state index in [1.165, 1.54) is 0 Å². The smallest absolute Gasteiger partial charge is 0.338 e. The van der Waals surface area contributed by atoms with Crippen LogP contribution >= 0.6 is 0 Å². The van der Waals surface area contributed by atoms with Crippen molar-refractivity contribution in [1.29, 1.82) is 0 Å². The van der Waals surface area contributed by atoms with Crippen LogP contribution in [0.4, 0.5) is 0 Å². The van der Waals surface area contributed by atoms with E-state index in [0.717, 1.165) is 11.1 Å². The second-order valence-electron chi connectivity index (χ2n) is 5.63. The summed E-state index contributed by atoms with van der Waals surface area (Å²) >= 11 is 0. The fourth-order valence-corrected chi connectivity index (χ4v) is 2.09. The molecule has 0 spiro atoms. The van der Waals surface area contributed by atoms with Gasteiger partial charge in [-0.1, -0.05) is 29.8 Å². The van der Waals surface area contributed by atoms with Crippen molar-refractivity contribution in [3.05, 3.63) is 65.2 Å². The van der Waals surface area contributed by atoms with Gasteiger partial charge in [0, 0.05) is 0 Å². The Hall–Kier alpha value is -3.15. The normalized spacial score (nSPS) is 11.0. The van der Waals surface area contributed by atoms with Gasteiger partial charge in [0.1, 0.15) is 5.75 Å². The highest BCUT2D eigenvalue weighted by Gasteiger charge is 2.07. The van der Waals surface area contributed by atoms with E-state index in [0.29, 0.717) is 23.6 Å². The van der Waals surface area contributed by atoms with Crippen molar-refractivity contribution < 1.29 is 19.1 Å². The summed E-state index contributed by atoms with van der Waals surface area (Å²) < 4.78 is 10.3. The van der Waals surface area contributed by atoms with Gasteiger partial charge in [0.05, 0.1) is 17.9 Å². The summed E-state index contributed by atoms with van der Waals surface area (Å²) in [5.74, 6) is -0.281. The predicted octanol–water partition coefficient (Wildman–Crippen LogP) is 3.09. The first-order chi connectivity index (χ1) is 12.5. The molecule has 6 nitrogen and oxygen atoms in total. The van der Waals surface area contributed by atoms with E-state index in [-0.39, 0.29) is 12.5 Å². The SMILES string of the molecule is CCOC(=O)c1ccc(OCC(=O)N/N=C(\C)c2ccc(C)cc2)cc1. The molecule has 6 heteroatoms. The van der Waals surface area contributed by atoms with Crippen LogP contribution in [0.5, 0.6) is 5.75 Å². The van der Waals surface area contributed by atoms with Gasteiger partial charge in [0.2, 0.25) is 0 Å². The third-order valence-corrected chi connectivity index (χ3v) is 3.55. The molecular weight excluding hydrogens is 332 g/mol. The molecular formula is C20H22N2O4. The van der Waals surface area contributed by atoms with E-state index >= 15 is 0 Å². The monoisotopic (exact) mass is 354 g/mol. The number of amides is 1. The lowest BCUT2D eigenvalue weighted by Gasteiger charge is -2.07. The van der Waals surface area contributed by atoms with Crippen LogP contribution in [0.2, 0.25) is 0 Å². The number of ether oxygens (including phenoxy) is 2. The average Bonchev–Trinajstić information content (AvgIpc) is 2.65. The summed E-state index contributed by atoms with van der Waals surface area (Å²) in [6.07, 6.45) is 0. The summed E-state index contributed by atoms with van der Waals surface area (Å²) in [6, 6.07) is 14.3. The number of nitrogens with one attached hydrogen (secondary N) is 1. The molecule has 1 amide bonds. The summed E-state index contributed by atoms with van der Waals surface area (Å²) in [7, 11) is 0. The number of carbonyl (C=O) groups excluding carboxylic acids is 2. The Balaban J connectivity index is 1.83. The molecule has 0 saturated heterocycles. The average molecular weight is 354 g/mol. The van der Waals surface area contributed by atoms with Crippen molar-refractivity contribution in [2.45, 2.75) is 20.8 Å². The van der Waals surface area contributed by atoms with Crippen LogP contribution in [0, 0.1) is 6.92 Å². The predicted molar refractivity (Wildman–Crippen MR) is 99.4 cm³/mol. The molecule has 2 aromatic rings. The zero-order valence-electron chi connectivity index (χ0n) is 15.1. The van der Waals surface area contributed by atoms with Gasteiger partial charge in [-0.05, 0) is 50.6 Å². The quantitative estimate of drug-likeness (QED) is 0.471. The Kier molecular flexibility index (Phi) is 6.91. The van der Waals surface area contributed by atoms with E-state index in [2.05, 4.69) is 10.5 Å². The van der Waals surface area contributed by atoms with Gasteiger partial charge in [-0.25, -0.2) is 10.2 Å². The Bertz CT molecular complexity index is 780. The molecule has 2 rings (SSSR count). The van der Waals surface area contributed by atoms with Gasteiger partial charge < -0.3 is 9.47 Å². The highest BCUT2D eigenvalue weighted by atomic mass is 16.5. The first-order valence-electron chi connectivity index (χ1n) is 8.29. The molecule has 1 N–H and O–H groups in total. The van der Waals surface area contributed by atoms with Crippen molar-refractivity contribution in [3.63, 3.8) is 0 Å². The number of carbonyl (C=O) groups is 2. The lowest BCUT2D eigenvalue weighted by atomic mass is 10.1. The van der Waals surface area contributed by atoms with E-state index < -0.39 is 5.97 Å². The zero-order valence-corrected chi connectivity index (χ0v) is 15.1. The number of rotatable bonds is 7. The van der Waals surface area contributed by atoms with Crippen LogP contribution in [-0.4, -0.2) is 30.8 Å². The molecule has 0 radical (unpaired) electrons. The molecule has 0 aliphatic carbocycles. The third-order valence-electron chi connectivity index (χ3n) is 3.55. The molecule has 0 fully saturated rings. The largest absolute Gasteiger partial charge is 0.484 e. The molecule has 0 unspecified atom stereocenters. The number of hydrogen-bond donors (Lipinski definition) is 1. The van der Waals surface area contributed by atoms with Gasteiger partial charge in [0.15, 0.2) is 6.61 Å². The van der Waals surface area contributed by atoms with Crippen LogP contribution in [0.1, 0.15) is 35.3 Å². The van der Waals surface area contributed by atoms with Crippen molar-refractivity contribution >= 4 is 17.6 Å². The molecule has 0 aromatic heterocycles. The summed E-state index contributed by atoms with van der Waals surface area (Å²) in [5.41, 5.74) is 5.70. The standard InChI is InChI=1S/C20H22N2O4/c1-4-25-20(24)17-9-11-18(12-10-17)26-13-19(23)22-21-15(3)16-7-5-14(2)6-8-16/h5-12H,4,13H2,1-3H3,(H,22,23)/b21-15+. The van der Waals surface area contributed by atoms with Gasteiger partial charge >= 0.3 is 5.97 Å². The van der Waals surface area contributed by atoms with E-state index in [4.69, 9.17) is 9.47 Å². The lowest BCUT2D eigenvalue weighted by Crippen LogP contribution is -2.25. The van der Waals surface area contributed by atoms with Gasteiger partial charge in [-0.2, -0.15) is 5.10 Å². The fourth-order valence-electron chi connectivity index (χ4n) is 2.09. The van der Waals surface area contributed by atoms with Crippen LogP contribution < -0.4 is 10.2 Å². The molecule has 0 aliphatic rings. The first-order valence-corrected chi connectivity index (χ1v) is 8.29. The highest BCUT2D eigenvalue weighted by Crippen LogP contribution is 2.13. The maximum Gasteiger partial charge on any atom is 0.338 e. The zero-order chi connectivity index (χ0) is 18.9. The number of benzene rings is 2. The number of nitrogens with zero attached hydrogens (tertiary/aromatic N) is 1. The minimum Gasteiger partial charge on any atom is -0.484 e. The summed E-state index contributed by atoms with van der Waals surface area (Å²) in [5, 5.41) is 4.07. The Morgan fingerprint density at radius 3 is 2.23 bits per heavy atom. The minimum absolute atomic E-state index is 0.177.